The van der Waals surface area contributed by atoms with Gasteiger partial charge in [0, 0.05) is 18.0 Å². The molecule has 0 bridgehead atoms. The van der Waals surface area contributed by atoms with Gasteiger partial charge in [0.05, 0.1) is 18.9 Å². The molecule has 1 N–H and O–H groups in total. The van der Waals surface area contributed by atoms with Crippen LogP contribution in [0.2, 0.25) is 0 Å². The fourth-order valence-corrected chi connectivity index (χ4v) is 3.29. The Balaban J connectivity index is 1.33. The molecule has 0 aliphatic rings. The van der Waals surface area contributed by atoms with Gasteiger partial charge in [-0.2, -0.15) is 5.10 Å². The number of carbonyl (C=O) groups excluding carboxylic acids is 2. The standard InChI is InChI=1S/C28H23N3O5/c1-34-26-16-20(13-14-25(26)36-28(33)22-10-7-15-29-18-22)17-30-31-27(32)19-35-24-12-6-5-11-23(24)21-8-3-2-4-9-21/h2-18H,19H2,1H3,(H,31,32)/b30-17+. The first-order valence-electron chi connectivity index (χ1n) is 11.0. The number of nitrogens with zero attached hydrogens (tertiary/aromatic N) is 2. The SMILES string of the molecule is COc1cc(/C=N/NC(=O)COc2ccccc2-c2ccccc2)ccc1OC(=O)c1cccnc1. The lowest BCUT2D eigenvalue weighted by Gasteiger charge is -2.11. The molecule has 0 fully saturated rings. The Labute approximate surface area is 208 Å². The first kappa shape index (κ1) is 24.2. The molecule has 4 aromatic rings. The van der Waals surface area contributed by atoms with Crippen molar-refractivity contribution in [2.45, 2.75) is 0 Å². The number of aromatic nitrogens is 1. The molecule has 36 heavy (non-hydrogen) atoms. The Morgan fingerprint density at radius 1 is 0.917 bits per heavy atom. The van der Waals surface area contributed by atoms with Gasteiger partial charge in [-0.15, -0.1) is 0 Å². The van der Waals surface area contributed by atoms with Crippen LogP contribution in [0.5, 0.6) is 17.2 Å². The summed E-state index contributed by atoms with van der Waals surface area (Å²) in [6.07, 6.45) is 4.44. The van der Waals surface area contributed by atoms with Crippen LogP contribution in [0.25, 0.3) is 11.1 Å². The second-order valence-corrected chi connectivity index (χ2v) is 7.49. The molecule has 8 nitrogen and oxygen atoms in total. The molecule has 4 rings (SSSR count). The van der Waals surface area contributed by atoms with E-state index in [1.165, 1.54) is 19.5 Å². The number of hydrogen-bond acceptors (Lipinski definition) is 7. The Bertz CT molecular complexity index is 1360. The van der Waals surface area contributed by atoms with Gasteiger partial charge in [0.25, 0.3) is 5.91 Å². The molecule has 0 aliphatic carbocycles. The van der Waals surface area contributed by atoms with Gasteiger partial charge in [-0.1, -0.05) is 48.5 Å². The molecule has 0 atom stereocenters. The first-order chi connectivity index (χ1) is 17.6. The van der Waals surface area contributed by atoms with Gasteiger partial charge in [-0.3, -0.25) is 9.78 Å². The van der Waals surface area contributed by atoms with Crippen molar-refractivity contribution in [2.24, 2.45) is 5.10 Å². The molecule has 180 valence electrons. The van der Waals surface area contributed by atoms with Gasteiger partial charge in [-0.25, -0.2) is 10.2 Å². The third-order valence-corrected chi connectivity index (χ3v) is 5.02. The van der Waals surface area contributed by atoms with Gasteiger partial charge in [0.15, 0.2) is 18.1 Å². The molecular weight excluding hydrogens is 458 g/mol. The number of para-hydroxylation sites is 1. The minimum Gasteiger partial charge on any atom is -0.493 e. The number of carbonyl (C=O) groups is 2. The number of esters is 1. The first-order valence-corrected chi connectivity index (χ1v) is 11.0. The summed E-state index contributed by atoms with van der Waals surface area (Å²) in [5, 5.41) is 3.97. The third-order valence-electron chi connectivity index (χ3n) is 5.02. The van der Waals surface area contributed by atoms with Gasteiger partial charge in [-0.05, 0) is 47.5 Å². The smallest absolute Gasteiger partial charge is 0.345 e. The number of ether oxygens (including phenoxy) is 3. The number of rotatable bonds is 9. The van der Waals surface area contributed by atoms with Crippen LogP contribution in [-0.4, -0.2) is 36.8 Å². The molecule has 0 saturated carbocycles. The number of pyridine rings is 1. The Morgan fingerprint density at radius 3 is 2.50 bits per heavy atom. The number of nitrogens with one attached hydrogen (secondary N) is 1. The highest BCUT2D eigenvalue weighted by Gasteiger charge is 2.13. The van der Waals surface area contributed by atoms with E-state index in [0.717, 1.165) is 11.1 Å². The number of benzene rings is 3. The average Bonchev–Trinajstić information content (AvgIpc) is 2.93. The summed E-state index contributed by atoms with van der Waals surface area (Å²) in [6, 6.07) is 25.4. The largest absolute Gasteiger partial charge is 0.493 e. The molecule has 0 unspecified atom stereocenters. The lowest BCUT2D eigenvalue weighted by Crippen LogP contribution is -2.24. The molecule has 0 aliphatic heterocycles. The fourth-order valence-electron chi connectivity index (χ4n) is 3.29. The van der Waals surface area contributed by atoms with Gasteiger partial charge >= 0.3 is 5.97 Å². The van der Waals surface area contributed by atoms with Crippen LogP contribution in [0.1, 0.15) is 15.9 Å². The van der Waals surface area contributed by atoms with Gasteiger partial charge < -0.3 is 14.2 Å². The molecule has 0 spiro atoms. The zero-order chi connectivity index (χ0) is 25.2. The van der Waals surface area contributed by atoms with Crippen molar-refractivity contribution in [3.05, 3.63) is 108 Å². The van der Waals surface area contributed by atoms with E-state index in [1.54, 1.807) is 36.5 Å². The second kappa shape index (κ2) is 11.9. The van der Waals surface area contributed by atoms with Crippen LogP contribution in [0.4, 0.5) is 0 Å². The summed E-state index contributed by atoms with van der Waals surface area (Å²) in [4.78, 5) is 28.4. The second-order valence-electron chi connectivity index (χ2n) is 7.49. The van der Waals surface area contributed by atoms with Crippen molar-refractivity contribution in [1.29, 1.82) is 0 Å². The highest BCUT2D eigenvalue weighted by atomic mass is 16.6. The van der Waals surface area contributed by atoms with Gasteiger partial charge in [0.2, 0.25) is 0 Å². The predicted molar refractivity (Wildman–Crippen MR) is 135 cm³/mol. The average molecular weight is 482 g/mol. The molecular formula is C28H23N3O5. The summed E-state index contributed by atoms with van der Waals surface area (Å²) < 4.78 is 16.4. The maximum atomic E-state index is 12.3. The summed E-state index contributed by atoms with van der Waals surface area (Å²) in [7, 11) is 1.46. The number of hydrogen-bond donors (Lipinski definition) is 1. The fraction of sp³-hybridized carbons (Fsp3) is 0.0714. The van der Waals surface area contributed by atoms with E-state index in [0.29, 0.717) is 22.6 Å². The monoisotopic (exact) mass is 481 g/mol. The summed E-state index contributed by atoms with van der Waals surface area (Å²) >= 11 is 0. The zero-order valence-corrected chi connectivity index (χ0v) is 19.5. The molecule has 8 heteroatoms. The normalized spacial score (nSPS) is 10.6. The van der Waals surface area contributed by atoms with E-state index in [4.69, 9.17) is 14.2 Å². The molecule has 1 amide bonds. The quantitative estimate of drug-likeness (QED) is 0.164. The maximum absolute atomic E-state index is 12.3. The lowest BCUT2D eigenvalue weighted by atomic mass is 10.1. The maximum Gasteiger partial charge on any atom is 0.345 e. The third kappa shape index (κ3) is 6.32. The zero-order valence-electron chi connectivity index (χ0n) is 19.5. The Kier molecular flexibility index (Phi) is 8.01. The van der Waals surface area contributed by atoms with Crippen molar-refractivity contribution in [1.82, 2.24) is 10.4 Å². The van der Waals surface area contributed by atoms with Crippen LogP contribution < -0.4 is 19.6 Å². The molecule has 1 aromatic heterocycles. The van der Waals surface area contributed by atoms with Crippen molar-refractivity contribution >= 4 is 18.1 Å². The summed E-state index contributed by atoms with van der Waals surface area (Å²) in [5.74, 6) is 0.220. The van der Waals surface area contributed by atoms with E-state index < -0.39 is 11.9 Å². The Hall–Kier alpha value is -4.98. The summed E-state index contributed by atoms with van der Waals surface area (Å²) in [5.41, 5.74) is 5.28. The van der Waals surface area contributed by atoms with Crippen molar-refractivity contribution in [2.75, 3.05) is 13.7 Å². The number of methoxy groups -OCH3 is 1. The molecule has 1 heterocycles. The van der Waals surface area contributed by atoms with Crippen molar-refractivity contribution in [3.63, 3.8) is 0 Å². The summed E-state index contributed by atoms with van der Waals surface area (Å²) in [6.45, 7) is -0.201. The van der Waals surface area contributed by atoms with Crippen molar-refractivity contribution < 1.29 is 23.8 Å². The van der Waals surface area contributed by atoms with Crippen LogP contribution in [0, 0.1) is 0 Å². The molecule has 0 radical (unpaired) electrons. The number of hydrazone groups is 1. The highest BCUT2D eigenvalue weighted by Crippen LogP contribution is 2.30. The number of amides is 1. The Morgan fingerprint density at radius 2 is 1.72 bits per heavy atom. The van der Waals surface area contributed by atoms with E-state index in [9.17, 15) is 9.59 Å². The minimum absolute atomic E-state index is 0.201. The van der Waals surface area contributed by atoms with Crippen molar-refractivity contribution in [3.8, 4) is 28.4 Å². The van der Waals surface area contributed by atoms with E-state index in [1.807, 2.05) is 54.6 Å². The van der Waals surface area contributed by atoms with Crippen LogP contribution in [-0.2, 0) is 4.79 Å². The predicted octanol–water partition coefficient (Wildman–Crippen LogP) is 4.51. The molecule has 0 saturated heterocycles. The van der Waals surface area contributed by atoms with Crippen LogP contribution in [0.3, 0.4) is 0 Å². The topological polar surface area (TPSA) is 99.1 Å². The van der Waals surface area contributed by atoms with E-state index in [-0.39, 0.29) is 12.4 Å². The molecule has 3 aromatic carbocycles. The lowest BCUT2D eigenvalue weighted by molar-refractivity contribution is -0.123. The van der Waals surface area contributed by atoms with E-state index >= 15 is 0 Å². The van der Waals surface area contributed by atoms with Crippen LogP contribution in [0.15, 0.2) is 102 Å². The van der Waals surface area contributed by atoms with E-state index in [2.05, 4.69) is 15.5 Å². The van der Waals surface area contributed by atoms with Crippen LogP contribution >= 0.6 is 0 Å². The minimum atomic E-state index is -0.552. The highest BCUT2D eigenvalue weighted by molar-refractivity contribution is 5.91. The van der Waals surface area contributed by atoms with Gasteiger partial charge in [0.1, 0.15) is 5.75 Å².